The van der Waals surface area contributed by atoms with Crippen LogP contribution in [0.5, 0.6) is 5.75 Å². The van der Waals surface area contributed by atoms with Crippen LogP contribution in [0.4, 0.5) is 16.2 Å². The molecule has 26 heavy (non-hydrogen) atoms. The average molecular weight is 443 g/mol. The number of rotatable bonds is 6. The Bertz CT molecular complexity index is 915. The number of amides is 1. The molecule has 0 radical (unpaired) electrons. The van der Waals surface area contributed by atoms with Gasteiger partial charge in [-0.1, -0.05) is 6.07 Å². The van der Waals surface area contributed by atoms with Crippen molar-refractivity contribution in [2.45, 2.75) is 18.7 Å². The molecule has 2 N–H and O–H groups in total. The second-order valence-electron chi connectivity index (χ2n) is 5.30. The van der Waals surface area contributed by atoms with Crippen LogP contribution in [-0.4, -0.2) is 28.2 Å². The highest BCUT2D eigenvalue weighted by atomic mass is 79.9. The number of aryl methyl sites for hydroxylation is 1. The van der Waals surface area contributed by atoms with Crippen LogP contribution in [-0.2, 0) is 14.8 Å². The van der Waals surface area contributed by atoms with Crippen LogP contribution in [0.1, 0.15) is 12.5 Å². The summed E-state index contributed by atoms with van der Waals surface area (Å²) >= 11 is 3.32. The van der Waals surface area contributed by atoms with Crippen LogP contribution >= 0.6 is 15.9 Å². The van der Waals surface area contributed by atoms with Crippen molar-refractivity contribution >= 4 is 43.4 Å². The molecule has 7 nitrogen and oxygen atoms in total. The second-order valence-corrected chi connectivity index (χ2v) is 7.81. The molecule has 0 saturated heterocycles. The SMILES string of the molecule is CCOC(=O)Nc1ccc(OC)c(S(=O)(=O)Nc2cc(C)ccc2Br)c1. The molecular weight excluding hydrogens is 424 g/mol. The molecule has 0 atom stereocenters. The molecule has 2 aromatic rings. The lowest BCUT2D eigenvalue weighted by Crippen LogP contribution is -2.17. The van der Waals surface area contributed by atoms with E-state index in [-0.39, 0.29) is 22.9 Å². The third-order valence-corrected chi connectivity index (χ3v) is 5.42. The number of sulfonamides is 1. The van der Waals surface area contributed by atoms with Crippen LogP contribution in [0.3, 0.4) is 0 Å². The third kappa shape index (κ3) is 4.89. The van der Waals surface area contributed by atoms with E-state index >= 15 is 0 Å². The lowest BCUT2D eigenvalue weighted by atomic mass is 10.2. The van der Waals surface area contributed by atoms with Crippen LogP contribution in [0.25, 0.3) is 0 Å². The number of ether oxygens (including phenoxy) is 2. The number of carbonyl (C=O) groups is 1. The minimum atomic E-state index is -3.96. The van der Waals surface area contributed by atoms with Gasteiger partial charge in [-0.3, -0.25) is 10.0 Å². The summed E-state index contributed by atoms with van der Waals surface area (Å²) in [4.78, 5) is 11.5. The van der Waals surface area contributed by atoms with Gasteiger partial charge in [-0.05, 0) is 65.7 Å². The van der Waals surface area contributed by atoms with E-state index in [0.29, 0.717) is 10.2 Å². The van der Waals surface area contributed by atoms with Crippen molar-refractivity contribution in [1.29, 1.82) is 0 Å². The van der Waals surface area contributed by atoms with Crippen molar-refractivity contribution in [2.75, 3.05) is 23.8 Å². The van der Waals surface area contributed by atoms with Crippen LogP contribution in [0.2, 0.25) is 0 Å². The van der Waals surface area contributed by atoms with Crippen molar-refractivity contribution in [3.63, 3.8) is 0 Å². The van der Waals surface area contributed by atoms with Gasteiger partial charge >= 0.3 is 6.09 Å². The molecule has 0 aliphatic carbocycles. The Morgan fingerprint density at radius 3 is 2.58 bits per heavy atom. The molecule has 0 aliphatic heterocycles. The van der Waals surface area contributed by atoms with Gasteiger partial charge in [0.25, 0.3) is 10.0 Å². The number of methoxy groups -OCH3 is 1. The van der Waals surface area contributed by atoms with E-state index in [0.717, 1.165) is 5.56 Å². The van der Waals surface area contributed by atoms with Crippen LogP contribution in [0, 0.1) is 6.92 Å². The maximum Gasteiger partial charge on any atom is 0.411 e. The van der Waals surface area contributed by atoms with Gasteiger partial charge in [-0.25, -0.2) is 13.2 Å². The van der Waals surface area contributed by atoms with E-state index in [1.165, 1.54) is 25.3 Å². The molecule has 0 unspecified atom stereocenters. The molecule has 0 spiro atoms. The van der Waals surface area contributed by atoms with Gasteiger partial charge in [-0.2, -0.15) is 0 Å². The first kappa shape index (κ1) is 20.1. The molecule has 1 amide bonds. The highest BCUT2D eigenvalue weighted by Gasteiger charge is 2.22. The molecule has 0 fully saturated rings. The van der Waals surface area contributed by atoms with Crippen molar-refractivity contribution in [2.24, 2.45) is 0 Å². The molecule has 140 valence electrons. The monoisotopic (exact) mass is 442 g/mol. The van der Waals surface area contributed by atoms with Gasteiger partial charge in [0, 0.05) is 10.2 Å². The minimum absolute atomic E-state index is 0.109. The highest BCUT2D eigenvalue weighted by molar-refractivity contribution is 9.10. The molecule has 0 bridgehead atoms. The van der Waals surface area contributed by atoms with E-state index < -0.39 is 16.1 Å². The van der Waals surface area contributed by atoms with Crippen molar-refractivity contribution in [3.05, 3.63) is 46.4 Å². The number of hydrogen-bond acceptors (Lipinski definition) is 5. The molecule has 0 aromatic heterocycles. The molecular formula is C17H19BrN2O5S. The molecule has 0 saturated carbocycles. The van der Waals surface area contributed by atoms with E-state index in [1.54, 1.807) is 19.1 Å². The predicted molar refractivity (Wildman–Crippen MR) is 103 cm³/mol. The van der Waals surface area contributed by atoms with Gasteiger partial charge in [0.1, 0.15) is 10.6 Å². The zero-order valence-electron chi connectivity index (χ0n) is 14.5. The first-order chi connectivity index (χ1) is 12.3. The van der Waals surface area contributed by atoms with Gasteiger partial charge < -0.3 is 9.47 Å². The van der Waals surface area contributed by atoms with E-state index in [1.807, 2.05) is 13.0 Å². The first-order valence-corrected chi connectivity index (χ1v) is 9.95. The number of halogens is 1. The topological polar surface area (TPSA) is 93.7 Å². The first-order valence-electron chi connectivity index (χ1n) is 7.67. The Morgan fingerprint density at radius 1 is 1.19 bits per heavy atom. The van der Waals surface area contributed by atoms with Gasteiger partial charge in [0.2, 0.25) is 0 Å². The standard InChI is InChI=1S/C17H19BrN2O5S/c1-4-25-17(21)19-12-6-8-15(24-3)16(10-12)26(22,23)20-14-9-11(2)5-7-13(14)18/h5-10,20H,4H2,1-3H3,(H,19,21). The lowest BCUT2D eigenvalue weighted by molar-refractivity contribution is 0.168. The number of carbonyl (C=O) groups excluding carboxylic acids is 1. The smallest absolute Gasteiger partial charge is 0.411 e. The Kier molecular flexibility index (Phi) is 6.49. The molecule has 9 heteroatoms. The van der Waals surface area contributed by atoms with Gasteiger partial charge in [-0.15, -0.1) is 0 Å². The molecule has 2 rings (SSSR count). The summed E-state index contributed by atoms with van der Waals surface area (Å²) in [6.45, 7) is 3.73. The van der Waals surface area contributed by atoms with Crippen LogP contribution in [0.15, 0.2) is 45.8 Å². The van der Waals surface area contributed by atoms with Crippen molar-refractivity contribution < 1.29 is 22.7 Å². The van der Waals surface area contributed by atoms with E-state index in [4.69, 9.17) is 9.47 Å². The minimum Gasteiger partial charge on any atom is -0.495 e. The van der Waals surface area contributed by atoms with Gasteiger partial charge in [0.15, 0.2) is 0 Å². The Morgan fingerprint density at radius 2 is 1.92 bits per heavy atom. The average Bonchev–Trinajstić information content (AvgIpc) is 2.58. The fourth-order valence-corrected chi connectivity index (χ4v) is 3.91. The quantitative estimate of drug-likeness (QED) is 0.700. The summed E-state index contributed by atoms with van der Waals surface area (Å²) in [5.74, 6) is 0.149. The number of benzene rings is 2. The summed E-state index contributed by atoms with van der Waals surface area (Å²) < 4.78 is 38.8. The maximum absolute atomic E-state index is 12.9. The van der Waals surface area contributed by atoms with E-state index in [2.05, 4.69) is 26.0 Å². The van der Waals surface area contributed by atoms with E-state index in [9.17, 15) is 13.2 Å². The summed E-state index contributed by atoms with van der Waals surface area (Å²) in [5.41, 5.74) is 1.57. The predicted octanol–water partition coefficient (Wildman–Crippen LogP) is 4.14. The summed E-state index contributed by atoms with van der Waals surface area (Å²) in [5, 5.41) is 2.47. The fourth-order valence-electron chi connectivity index (χ4n) is 2.17. The zero-order valence-corrected chi connectivity index (χ0v) is 16.9. The number of anilines is 2. The van der Waals surface area contributed by atoms with Gasteiger partial charge in [0.05, 0.1) is 19.4 Å². The summed E-state index contributed by atoms with van der Waals surface area (Å²) in [6, 6.07) is 9.60. The number of nitrogens with one attached hydrogen (secondary N) is 2. The Hall–Kier alpha value is -2.26. The zero-order chi connectivity index (χ0) is 19.3. The fraction of sp³-hybridized carbons (Fsp3) is 0.235. The molecule has 2 aromatic carbocycles. The summed E-state index contributed by atoms with van der Waals surface area (Å²) in [6.07, 6.45) is -0.671. The van der Waals surface area contributed by atoms with Crippen molar-refractivity contribution in [1.82, 2.24) is 0 Å². The third-order valence-electron chi connectivity index (χ3n) is 3.34. The highest BCUT2D eigenvalue weighted by Crippen LogP contribution is 2.31. The lowest BCUT2D eigenvalue weighted by Gasteiger charge is -2.14. The Balaban J connectivity index is 2.40. The Labute approximate surface area is 160 Å². The molecule has 0 heterocycles. The number of hydrogen-bond donors (Lipinski definition) is 2. The largest absolute Gasteiger partial charge is 0.495 e. The second kappa shape index (κ2) is 8.41. The summed E-state index contributed by atoms with van der Waals surface area (Å²) in [7, 11) is -2.59. The van der Waals surface area contributed by atoms with Crippen molar-refractivity contribution in [3.8, 4) is 5.75 Å². The normalized spacial score (nSPS) is 10.9. The van der Waals surface area contributed by atoms with Crippen LogP contribution < -0.4 is 14.8 Å². The molecule has 0 aliphatic rings. The maximum atomic E-state index is 12.9.